The summed E-state index contributed by atoms with van der Waals surface area (Å²) in [7, 11) is -3.73. The maximum absolute atomic E-state index is 12.4. The van der Waals surface area contributed by atoms with Crippen LogP contribution in [0, 0.1) is 0 Å². The van der Waals surface area contributed by atoms with E-state index < -0.39 is 10.0 Å². The molecule has 21 heavy (non-hydrogen) atoms. The largest absolute Gasteiger partial charge is 0.392 e. The van der Waals surface area contributed by atoms with Gasteiger partial charge in [0, 0.05) is 9.92 Å². The SMILES string of the molecule is CSc1ccccc1NS(=O)(=O)c1ccc(Cl)c(CO)c1. The molecule has 0 aliphatic rings. The molecule has 2 aromatic rings. The summed E-state index contributed by atoms with van der Waals surface area (Å²) in [6.45, 7) is -0.316. The monoisotopic (exact) mass is 343 g/mol. The smallest absolute Gasteiger partial charge is 0.261 e. The second-order valence-corrected chi connectivity index (χ2v) is 7.15. The van der Waals surface area contributed by atoms with Gasteiger partial charge in [0.25, 0.3) is 10.0 Å². The molecule has 0 heterocycles. The number of thioether (sulfide) groups is 1. The standard InChI is InChI=1S/C14H14ClNO3S2/c1-20-14-5-3-2-4-13(14)16-21(18,19)11-6-7-12(15)10(8-11)9-17/h2-8,16-17H,9H2,1H3. The van der Waals surface area contributed by atoms with Crippen molar-refractivity contribution in [1.29, 1.82) is 0 Å². The average molecular weight is 344 g/mol. The lowest BCUT2D eigenvalue weighted by Crippen LogP contribution is -2.13. The van der Waals surface area contributed by atoms with Crippen molar-refractivity contribution in [2.45, 2.75) is 16.4 Å². The van der Waals surface area contributed by atoms with E-state index in [9.17, 15) is 13.5 Å². The Kier molecular flexibility index (Phi) is 5.16. The first-order valence-corrected chi connectivity index (χ1v) is 9.11. The lowest BCUT2D eigenvalue weighted by atomic mass is 10.2. The predicted molar refractivity (Wildman–Crippen MR) is 86.4 cm³/mol. The fraction of sp³-hybridized carbons (Fsp3) is 0.143. The third-order valence-corrected chi connectivity index (χ3v) is 5.38. The molecule has 0 saturated heterocycles. The van der Waals surface area contributed by atoms with E-state index in [4.69, 9.17) is 11.6 Å². The normalized spacial score (nSPS) is 11.4. The summed E-state index contributed by atoms with van der Waals surface area (Å²) in [5, 5.41) is 9.51. The third kappa shape index (κ3) is 3.71. The summed E-state index contributed by atoms with van der Waals surface area (Å²) in [6, 6.07) is 11.4. The summed E-state index contributed by atoms with van der Waals surface area (Å²) >= 11 is 7.33. The summed E-state index contributed by atoms with van der Waals surface area (Å²) in [5.74, 6) is 0. The van der Waals surface area contributed by atoms with Crippen molar-refractivity contribution in [3.05, 3.63) is 53.1 Å². The molecular weight excluding hydrogens is 330 g/mol. The summed E-state index contributed by atoms with van der Waals surface area (Å²) < 4.78 is 27.4. The number of para-hydroxylation sites is 1. The van der Waals surface area contributed by atoms with E-state index in [2.05, 4.69) is 4.72 Å². The topological polar surface area (TPSA) is 66.4 Å². The Morgan fingerprint density at radius 2 is 1.95 bits per heavy atom. The number of hydrogen-bond donors (Lipinski definition) is 2. The number of hydrogen-bond acceptors (Lipinski definition) is 4. The lowest BCUT2D eigenvalue weighted by molar-refractivity contribution is 0.281. The molecule has 0 aromatic heterocycles. The van der Waals surface area contributed by atoms with E-state index in [1.807, 2.05) is 18.4 Å². The molecule has 0 radical (unpaired) electrons. The van der Waals surface area contributed by atoms with Gasteiger partial charge in [-0.1, -0.05) is 23.7 Å². The fourth-order valence-electron chi connectivity index (χ4n) is 1.77. The van der Waals surface area contributed by atoms with Gasteiger partial charge in [-0.05, 0) is 42.2 Å². The van der Waals surface area contributed by atoms with Crippen LogP contribution >= 0.6 is 23.4 Å². The number of aliphatic hydroxyl groups is 1. The Morgan fingerprint density at radius 1 is 1.24 bits per heavy atom. The van der Waals surface area contributed by atoms with Crippen molar-refractivity contribution in [3.63, 3.8) is 0 Å². The molecular formula is C14H14ClNO3S2. The van der Waals surface area contributed by atoms with Crippen LogP contribution in [0.1, 0.15) is 5.56 Å². The molecule has 112 valence electrons. The van der Waals surface area contributed by atoms with Gasteiger partial charge >= 0.3 is 0 Å². The Bertz CT molecular complexity index is 748. The maximum Gasteiger partial charge on any atom is 0.261 e. The van der Waals surface area contributed by atoms with Crippen molar-refractivity contribution in [2.24, 2.45) is 0 Å². The number of benzene rings is 2. The molecule has 0 saturated carbocycles. The first kappa shape index (κ1) is 16.2. The molecule has 2 aromatic carbocycles. The van der Waals surface area contributed by atoms with Crippen molar-refractivity contribution in [2.75, 3.05) is 11.0 Å². The molecule has 0 fully saturated rings. The molecule has 0 aliphatic heterocycles. The quantitative estimate of drug-likeness (QED) is 0.817. The number of anilines is 1. The fourth-order valence-corrected chi connectivity index (χ4v) is 3.70. The van der Waals surface area contributed by atoms with Crippen LogP contribution < -0.4 is 4.72 Å². The van der Waals surface area contributed by atoms with Gasteiger partial charge in [0.05, 0.1) is 17.2 Å². The highest BCUT2D eigenvalue weighted by Gasteiger charge is 2.17. The summed E-state index contributed by atoms with van der Waals surface area (Å²) in [4.78, 5) is 0.893. The van der Waals surface area contributed by atoms with Gasteiger partial charge in [0.15, 0.2) is 0 Å². The second-order valence-electron chi connectivity index (χ2n) is 4.22. The van der Waals surface area contributed by atoms with Gasteiger partial charge in [0.2, 0.25) is 0 Å². The van der Waals surface area contributed by atoms with Crippen LogP contribution in [0.4, 0.5) is 5.69 Å². The highest BCUT2D eigenvalue weighted by atomic mass is 35.5. The lowest BCUT2D eigenvalue weighted by Gasteiger charge is -2.12. The van der Waals surface area contributed by atoms with Gasteiger partial charge in [-0.25, -0.2) is 8.42 Å². The second kappa shape index (κ2) is 6.70. The van der Waals surface area contributed by atoms with Crippen molar-refractivity contribution in [3.8, 4) is 0 Å². The molecule has 2 N–H and O–H groups in total. The summed E-state index contributed by atoms with van der Waals surface area (Å²) in [5.41, 5.74) is 0.892. The Morgan fingerprint density at radius 3 is 2.62 bits per heavy atom. The van der Waals surface area contributed by atoms with E-state index >= 15 is 0 Å². The van der Waals surface area contributed by atoms with Crippen molar-refractivity contribution < 1.29 is 13.5 Å². The van der Waals surface area contributed by atoms with Crippen molar-refractivity contribution >= 4 is 39.1 Å². The molecule has 7 heteroatoms. The Balaban J connectivity index is 2.38. The number of rotatable bonds is 5. The zero-order valence-electron chi connectivity index (χ0n) is 11.2. The van der Waals surface area contributed by atoms with Crippen LogP contribution in [0.25, 0.3) is 0 Å². The maximum atomic E-state index is 12.4. The molecule has 4 nitrogen and oxygen atoms in total. The number of sulfonamides is 1. The van der Waals surface area contributed by atoms with E-state index in [-0.39, 0.29) is 11.5 Å². The molecule has 0 spiro atoms. The van der Waals surface area contributed by atoms with Gasteiger partial charge in [0.1, 0.15) is 0 Å². The van der Waals surface area contributed by atoms with Crippen LogP contribution in [-0.2, 0) is 16.6 Å². The predicted octanol–water partition coefficient (Wildman–Crippen LogP) is 3.36. The highest BCUT2D eigenvalue weighted by molar-refractivity contribution is 7.99. The Hall–Kier alpha value is -1.21. The molecule has 0 atom stereocenters. The number of nitrogens with one attached hydrogen (secondary N) is 1. The molecule has 0 amide bonds. The van der Waals surface area contributed by atoms with Crippen LogP contribution in [-0.4, -0.2) is 19.8 Å². The van der Waals surface area contributed by atoms with Gasteiger partial charge in [-0.3, -0.25) is 4.72 Å². The van der Waals surface area contributed by atoms with Crippen molar-refractivity contribution in [1.82, 2.24) is 0 Å². The summed E-state index contributed by atoms with van der Waals surface area (Å²) in [6.07, 6.45) is 1.87. The van der Waals surface area contributed by atoms with Crippen LogP contribution in [0.3, 0.4) is 0 Å². The number of halogens is 1. The molecule has 0 unspecified atom stereocenters. The third-order valence-electron chi connectivity index (χ3n) is 2.85. The first-order chi connectivity index (χ1) is 9.97. The van der Waals surface area contributed by atoms with Crippen LogP contribution in [0.2, 0.25) is 5.02 Å². The average Bonchev–Trinajstić information content (AvgIpc) is 2.47. The highest BCUT2D eigenvalue weighted by Crippen LogP contribution is 2.28. The molecule has 0 bridgehead atoms. The van der Waals surface area contributed by atoms with Crippen LogP contribution in [0.15, 0.2) is 52.3 Å². The minimum Gasteiger partial charge on any atom is -0.392 e. The number of aliphatic hydroxyl groups excluding tert-OH is 1. The van der Waals surface area contributed by atoms with E-state index in [0.717, 1.165) is 4.90 Å². The zero-order chi connectivity index (χ0) is 15.5. The molecule has 0 aliphatic carbocycles. The minimum absolute atomic E-state index is 0.0619. The van der Waals surface area contributed by atoms with E-state index in [1.54, 1.807) is 12.1 Å². The van der Waals surface area contributed by atoms with E-state index in [0.29, 0.717) is 16.3 Å². The van der Waals surface area contributed by atoms with Gasteiger partial charge in [-0.2, -0.15) is 0 Å². The first-order valence-electron chi connectivity index (χ1n) is 6.03. The van der Waals surface area contributed by atoms with Gasteiger partial charge in [-0.15, -0.1) is 11.8 Å². The van der Waals surface area contributed by atoms with Gasteiger partial charge < -0.3 is 5.11 Å². The Labute approximate surface area is 133 Å². The zero-order valence-corrected chi connectivity index (χ0v) is 13.6. The van der Waals surface area contributed by atoms with E-state index in [1.165, 1.54) is 30.0 Å². The minimum atomic E-state index is -3.73. The van der Waals surface area contributed by atoms with Crippen LogP contribution in [0.5, 0.6) is 0 Å². The molecule has 2 rings (SSSR count).